The van der Waals surface area contributed by atoms with E-state index in [0.717, 1.165) is 34.8 Å². The fraction of sp³-hybridized carbons (Fsp3) is 0.286. The predicted octanol–water partition coefficient (Wildman–Crippen LogP) is 4.06. The van der Waals surface area contributed by atoms with Crippen LogP contribution in [0.15, 0.2) is 35.7 Å². The van der Waals surface area contributed by atoms with E-state index in [1.165, 1.54) is 0 Å². The Labute approximate surface area is 121 Å². The van der Waals surface area contributed by atoms with Crippen LogP contribution in [0.3, 0.4) is 0 Å². The van der Waals surface area contributed by atoms with E-state index in [4.69, 9.17) is 4.74 Å². The number of nitrogens with one attached hydrogen (secondary N) is 1. The fourth-order valence-corrected chi connectivity index (χ4v) is 2.40. The molecule has 1 aromatic carbocycles. The Balaban J connectivity index is 1.94. The van der Waals surface area contributed by atoms with Crippen molar-refractivity contribution in [2.75, 3.05) is 11.9 Å². The summed E-state index contributed by atoms with van der Waals surface area (Å²) in [6.07, 6.45) is 0.968. The van der Waals surface area contributed by atoms with Gasteiger partial charge in [-0.3, -0.25) is 10.1 Å². The Morgan fingerprint density at radius 3 is 2.95 bits per heavy atom. The Hall–Kier alpha value is -2.08. The van der Waals surface area contributed by atoms with E-state index in [2.05, 4.69) is 12.2 Å². The lowest BCUT2D eigenvalue weighted by molar-refractivity contribution is -0.380. The van der Waals surface area contributed by atoms with Crippen molar-refractivity contribution in [2.24, 2.45) is 0 Å². The van der Waals surface area contributed by atoms with Crippen molar-refractivity contribution in [3.05, 3.63) is 51.4 Å². The maximum atomic E-state index is 10.6. The quantitative estimate of drug-likeness (QED) is 0.617. The highest BCUT2D eigenvalue weighted by Crippen LogP contribution is 2.24. The maximum absolute atomic E-state index is 10.6. The van der Waals surface area contributed by atoms with Crippen LogP contribution in [0.4, 0.5) is 10.7 Å². The molecular weight excluding hydrogens is 276 g/mol. The Morgan fingerprint density at radius 1 is 1.40 bits per heavy atom. The van der Waals surface area contributed by atoms with Crippen LogP contribution in [-0.2, 0) is 6.54 Å². The Morgan fingerprint density at radius 2 is 2.25 bits per heavy atom. The molecule has 20 heavy (non-hydrogen) atoms. The van der Waals surface area contributed by atoms with Crippen molar-refractivity contribution >= 4 is 22.0 Å². The summed E-state index contributed by atoms with van der Waals surface area (Å²) >= 11 is 1.14. The normalized spacial score (nSPS) is 10.2. The molecule has 0 spiro atoms. The number of anilines is 1. The minimum Gasteiger partial charge on any atom is -0.494 e. The van der Waals surface area contributed by atoms with Crippen LogP contribution in [0.25, 0.3) is 0 Å². The summed E-state index contributed by atoms with van der Waals surface area (Å²) in [5, 5.41) is 15.8. The van der Waals surface area contributed by atoms with Gasteiger partial charge in [-0.15, -0.1) is 0 Å². The molecule has 2 rings (SSSR count). The van der Waals surface area contributed by atoms with Gasteiger partial charge in [-0.1, -0.05) is 24.3 Å². The second-order valence-corrected chi connectivity index (χ2v) is 5.17. The number of rotatable bonds is 7. The van der Waals surface area contributed by atoms with Gasteiger partial charge in [0.1, 0.15) is 5.75 Å². The number of nitro groups is 1. The fourth-order valence-electron chi connectivity index (χ4n) is 1.67. The maximum Gasteiger partial charge on any atom is 0.324 e. The first kappa shape index (κ1) is 14.3. The van der Waals surface area contributed by atoms with E-state index < -0.39 is 0 Å². The number of hydrogen-bond donors (Lipinski definition) is 1. The zero-order valence-electron chi connectivity index (χ0n) is 11.2. The van der Waals surface area contributed by atoms with Gasteiger partial charge in [-0.05, 0) is 24.1 Å². The monoisotopic (exact) mass is 292 g/mol. The van der Waals surface area contributed by atoms with Crippen molar-refractivity contribution in [2.45, 2.75) is 19.9 Å². The first-order valence-corrected chi connectivity index (χ1v) is 7.25. The molecule has 1 aromatic heterocycles. The number of nitrogens with zero attached hydrogens (tertiary/aromatic N) is 1. The predicted molar refractivity (Wildman–Crippen MR) is 80.5 cm³/mol. The minimum absolute atomic E-state index is 0.168. The zero-order chi connectivity index (χ0) is 14.4. The smallest absolute Gasteiger partial charge is 0.324 e. The summed E-state index contributed by atoms with van der Waals surface area (Å²) < 4.78 is 5.56. The number of ether oxygens (including phenoxy) is 1. The van der Waals surface area contributed by atoms with Crippen LogP contribution in [0.1, 0.15) is 18.9 Å². The van der Waals surface area contributed by atoms with Crippen molar-refractivity contribution < 1.29 is 9.66 Å². The SMILES string of the molecule is CCCOc1cccc(NCc2csc([N+](=O)[O-])c2)c1. The van der Waals surface area contributed by atoms with Gasteiger partial charge in [0.25, 0.3) is 0 Å². The second kappa shape index (κ2) is 6.91. The van der Waals surface area contributed by atoms with Crippen molar-refractivity contribution in [1.82, 2.24) is 0 Å². The molecule has 0 atom stereocenters. The summed E-state index contributed by atoms with van der Waals surface area (Å²) in [4.78, 5) is 10.2. The number of benzene rings is 1. The lowest BCUT2D eigenvalue weighted by Gasteiger charge is -2.08. The van der Waals surface area contributed by atoms with E-state index >= 15 is 0 Å². The molecule has 0 aliphatic heterocycles. The molecule has 0 unspecified atom stereocenters. The van der Waals surface area contributed by atoms with E-state index in [9.17, 15) is 10.1 Å². The molecule has 0 aliphatic rings. The topological polar surface area (TPSA) is 64.4 Å². The molecule has 0 saturated heterocycles. The van der Waals surface area contributed by atoms with Crippen molar-refractivity contribution in [1.29, 1.82) is 0 Å². The molecule has 0 amide bonds. The van der Waals surface area contributed by atoms with Crippen LogP contribution in [0.5, 0.6) is 5.75 Å². The molecule has 0 radical (unpaired) electrons. The molecule has 5 nitrogen and oxygen atoms in total. The van der Waals surface area contributed by atoms with E-state index in [-0.39, 0.29) is 9.92 Å². The van der Waals surface area contributed by atoms with Crippen LogP contribution in [-0.4, -0.2) is 11.5 Å². The third kappa shape index (κ3) is 3.96. The molecule has 0 fully saturated rings. The third-order valence-corrected chi connectivity index (χ3v) is 3.55. The van der Waals surface area contributed by atoms with Gasteiger partial charge < -0.3 is 10.1 Å². The summed E-state index contributed by atoms with van der Waals surface area (Å²) in [5.41, 5.74) is 1.84. The highest BCUT2D eigenvalue weighted by Gasteiger charge is 2.09. The minimum atomic E-state index is -0.368. The van der Waals surface area contributed by atoms with Crippen LogP contribution >= 0.6 is 11.3 Å². The Bertz CT molecular complexity index is 583. The second-order valence-electron chi connectivity index (χ2n) is 4.28. The average molecular weight is 292 g/mol. The summed E-state index contributed by atoms with van der Waals surface area (Å²) in [6, 6.07) is 9.30. The first-order chi connectivity index (χ1) is 9.69. The zero-order valence-corrected chi connectivity index (χ0v) is 12.0. The highest BCUT2D eigenvalue weighted by molar-refractivity contribution is 7.13. The van der Waals surface area contributed by atoms with Crippen LogP contribution in [0, 0.1) is 10.1 Å². The molecule has 1 N–H and O–H groups in total. The third-order valence-electron chi connectivity index (χ3n) is 2.62. The van der Waals surface area contributed by atoms with Crippen molar-refractivity contribution in [3.8, 4) is 5.75 Å². The van der Waals surface area contributed by atoms with Gasteiger partial charge in [0, 0.05) is 29.7 Å². The summed E-state index contributed by atoms with van der Waals surface area (Å²) in [7, 11) is 0. The largest absolute Gasteiger partial charge is 0.494 e. The molecular formula is C14H16N2O3S. The van der Waals surface area contributed by atoms with E-state index in [1.807, 2.05) is 24.3 Å². The molecule has 0 aliphatic carbocycles. The molecule has 2 aromatic rings. The molecule has 0 bridgehead atoms. The number of hydrogen-bond acceptors (Lipinski definition) is 5. The van der Waals surface area contributed by atoms with Crippen LogP contribution in [0.2, 0.25) is 0 Å². The Kier molecular flexibility index (Phi) is 4.95. The van der Waals surface area contributed by atoms with Crippen molar-refractivity contribution in [3.63, 3.8) is 0 Å². The first-order valence-electron chi connectivity index (χ1n) is 6.37. The number of thiophene rings is 1. The van der Waals surface area contributed by atoms with Gasteiger partial charge >= 0.3 is 5.00 Å². The standard InChI is InChI=1S/C14H16N2O3S/c1-2-6-19-13-5-3-4-12(8-13)15-9-11-7-14(16(17)18)20-10-11/h3-5,7-8,10,15H,2,6,9H2,1H3. The van der Waals surface area contributed by atoms with Gasteiger partial charge in [-0.2, -0.15) is 0 Å². The lowest BCUT2D eigenvalue weighted by atomic mass is 10.2. The molecule has 106 valence electrons. The summed E-state index contributed by atoms with van der Waals surface area (Å²) in [6.45, 7) is 3.31. The van der Waals surface area contributed by atoms with E-state index in [0.29, 0.717) is 13.2 Å². The van der Waals surface area contributed by atoms with Crippen LogP contribution < -0.4 is 10.1 Å². The lowest BCUT2D eigenvalue weighted by Crippen LogP contribution is -1.99. The van der Waals surface area contributed by atoms with Gasteiger partial charge in [0.2, 0.25) is 0 Å². The van der Waals surface area contributed by atoms with Gasteiger partial charge in [0.15, 0.2) is 0 Å². The van der Waals surface area contributed by atoms with Gasteiger partial charge in [-0.25, -0.2) is 0 Å². The van der Waals surface area contributed by atoms with E-state index in [1.54, 1.807) is 11.4 Å². The molecule has 1 heterocycles. The molecule has 6 heteroatoms. The van der Waals surface area contributed by atoms with Gasteiger partial charge in [0.05, 0.1) is 11.5 Å². The highest BCUT2D eigenvalue weighted by atomic mass is 32.1. The average Bonchev–Trinajstić information content (AvgIpc) is 2.92. The molecule has 0 saturated carbocycles. The summed E-state index contributed by atoms with van der Waals surface area (Å²) in [5.74, 6) is 0.827.